The molecule has 0 bridgehead atoms. The van der Waals surface area contributed by atoms with Gasteiger partial charge in [-0.1, -0.05) is 26.7 Å². The van der Waals surface area contributed by atoms with Crippen LogP contribution < -0.4 is 0 Å². The molecule has 0 aromatic heterocycles. The van der Waals surface area contributed by atoms with Crippen LogP contribution in [0.2, 0.25) is 0 Å². The van der Waals surface area contributed by atoms with Crippen LogP contribution in [0.1, 0.15) is 59.3 Å². The van der Waals surface area contributed by atoms with Crippen molar-refractivity contribution in [3.05, 3.63) is 0 Å². The Balaban J connectivity index is 2.60. The van der Waals surface area contributed by atoms with Gasteiger partial charge in [-0.2, -0.15) is 0 Å². The van der Waals surface area contributed by atoms with E-state index < -0.39 is 0 Å². The number of carbonyl (C=O) groups is 2. The number of hydrogen-bond acceptors (Lipinski definition) is 3. The van der Waals surface area contributed by atoms with Crippen LogP contribution in [0.4, 0.5) is 0 Å². The largest absolute Gasteiger partial charge is 0.466 e. The van der Waals surface area contributed by atoms with E-state index >= 15 is 0 Å². The number of hydrogen-bond donors (Lipinski definition) is 0. The molecular weight excluding hydrogens is 242 g/mol. The van der Waals surface area contributed by atoms with Crippen molar-refractivity contribution >= 4 is 11.9 Å². The molecule has 2 atom stereocenters. The van der Waals surface area contributed by atoms with Gasteiger partial charge in [0.25, 0.3) is 0 Å². The van der Waals surface area contributed by atoms with Gasteiger partial charge in [-0.05, 0) is 25.7 Å². The molecule has 1 saturated carbocycles. The number of amides is 1. The van der Waals surface area contributed by atoms with Gasteiger partial charge in [-0.25, -0.2) is 0 Å². The van der Waals surface area contributed by atoms with Crippen molar-refractivity contribution in [2.75, 3.05) is 13.2 Å². The lowest BCUT2D eigenvalue weighted by atomic mass is 9.84. The van der Waals surface area contributed by atoms with Crippen LogP contribution in [0.5, 0.6) is 0 Å². The molecule has 1 fully saturated rings. The molecule has 2 unspecified atom stereocenters. The summed E-state index contributed by atoms with van der Waals surface area (Å²) >= 11 is 0. The van der Waals surface area contributed by atoms with Crippen molar-refractivity contribution in [2.24, 2.45) is 5.92 Å². The van der Waals surface area contributed by atoms with Crippen LogP contribution in [0.25, 0.3) is 0 Å². The first-order valence-electron chi connectivity index (χ1n) is 7.55. The van der Waals surface area contributed by atoms with Gasteiger partial charge < -0.3 is 9.64 Å². The average Bonchev–Trinajstić information content (AvgIpc) is 2.40. The van der Waals surface area contributed by atoms with E-state index in [1.807, 2.05) is 11.8 Å². The third kappa shape index (κ3) is 4.84. The molecule has 4 nitrogen and oxygen atoms in total. The molecule has 19 heavy (non-hydrogen) atoms. The predicted octanol–water partition coefficient (Wildman–Crippen LogP) is 2.76. The van der Waals surface area contributed by atoms with Gasteiger partial charge >= 0.3 is 5.97 Å². The fourth-order valence-corrected chi connectivity index (χ4v) is 2.88. The van der Waals surface area contributed by atoms with Gasteiger partial charge in [0.1, 0.15) is 0 Å². The predicted molar refractivity (Wildman–Crippen MR) is 74.7 cm³/mol. The number of ether oxygens (including phenoxy) is 1. The van der Waals surface area contributed by atoms with Crippen molar-refractivity contribution in [1.29, 1.82) is 0 Å². The Hall–Kier alpha value is -1.06. The number of carbonyl (C=O) groups excluding carboxylic acids is 2. The summed E-state index contributed by atoms with van der Waals surface area (Å²) in [6.07, 6.45) is 5.49. The second-order valence-electron chi connectivity index (χ2n) is 5.32. The Labute approximate surface area is 116 Å². The van der Waals surface area contributed by atoms with Gasteiger partial charge in [0.15, 0.2) is 0 Å². The molecule has 0 aliphatic heterocycles. The lowest BCUT2D eigenvalue weighted by Crippen LogP contribution is -2.46. The molecular formula is C15H27NO3. The summed E-state index contributed by atoms with van der Waals surface area (Å²) in [6.45, 7) is 6.80. The molecule has 0 N–H and O–H groups in total. The minimum Gasteiger partial charge on any atom is -0.466 e. The van der Waals surface area contributed by atoms with Gasteiger partial charge in [0.2, 0.25) is 5.91 Å². The van der Waals surface area contributed by atoms with E-state index in [1.54, 1.807) is 6.92 Å². The third-order valence-electron chi connectivity index (χ3n) is 3.95. The second kappa shape index (κ2) is 8.18. The van der Waals surface area contributed by atoms with Crippen molar-refractivity contribution in [3.8, 4) is 0 Å². The molecule has 0 saturated heterocycles. The molecule has 0 aromatic rings. The lowest BCUT2D eigenvalue weighted by molar-refractivity contribution is -0.145. The highest BCUT2D eigenvalue weighted by Crippen LogP contribution is 2.28. The van der Waals surface area contributed by atoms with E-state index in [0.717, 1.165) is 6.42 Å². The second-order valence-corrected chi connectivity index (χ2v) is 5.32. The van der Waals surface area contributed by atoms with Crippen LogP contribution in [0.15, 0.2) is 0 Å². The maximum atomic E-state index is 12.1. The quantitative estimate of drug-likeness (QED) is 0.697. The van der Waals surface area contributed by atoms with Crippen LogP contribution in [-0.2, 0) is 14.3 Å². The van der Waals surface area contributed by atoms with Crippen molar-refractivity contribution in [1.82, 2.24) is 4.90 Å². The first-order valence-corrected chi connectivity index (χ1v) is 7.55. The van der Waals surface area contributed by atoms with Crippen molar-refractivity contribution in [2.45, 2.75) is 65.3 Å². The zero-order chi connectivity index (χ0) is 14.3. The molecule has 0 spiro atoms. The topological polar surface area (TPSA) is 46.6 Å². The zero-order valence-electron chi connectivity index (χ0n) is 12.5. The smallest absolute Gasteiger partial charge is 0.307 e. The Bertz CT molecular complexity index is 304. The van der Waals surface area contributed by atoms with E-state index in [4.69, 9.17) is 4.74 Å². The molecule has 110 valence electrons. The summed E-state index contributed by atoms with van der Waals surface area (Å²) in [5, 5.41) is 0. The molecule has 1 aliphatic carbocycles. The van der Waals surface area contributed by atoms with Gasteiger partial charge in [-0.15, -0.1) is 0 Å². The van der Waals surface area contributed by atoms with E-state index in [-0.39, 0.29) is 11.9 Å². The Morgan fingerprint density at radius 2 is 1.89 bits per heavy atom. The van der Waals surface area contributed by atoms with E-state index in [1.165, 1.54) is 19.3 Å². The minimum absolute atomic E-state index is 0.156. The van der Waals surface area contributed by atoms with Gasteiger partial charge in [-0.3, -0.25) is 9.59 Å². The van der Waals surface area contributed by atoms with E-state index in [0.29, 0.717) is 38.0 Å². The normalized spacial score (nSPS) is 22.9. The summed E-state index contributed by atoms with van der Waals surface area (Å²) in [4.78, 5) is 25.5. The average molecular weight is 269 g/mol. The standard InChI is InChI=1S/C15H27NO3/c1-4-14(17)16(11-10-15(18)19-5-2)13-9-7-6-8-12(13)3/h12-13H,4-11H2,1-3H3. The summed E-state index contributed by atoms with van der Waals surface area (Å²) in [5.41, 5.74) is 0. The van der Waals surface area contributed by atoms with E-state index in [9.17, 15) is 9.59 Å². The number of nitrogens with zero attached hydrogens (tertiary/aromatic N) is 1. The fraction of sp³-hybridized carbons (Fsp3) is 0.867. The molecule has 1 rings (SSSR count). The first kappa shape index (κ1) is 16.0. The lowest BCUT2D eigenvalue weighted by Gasteiger charge is -2.38. The molecule has 1 aliphatic rings. The van der Waals surface area contributed by atoms with Gasteiger partial charge in [0, 0.05) is 19.0 Å². The Morgan fingerprint density at radius 3 is 2.47 bits per heavy atom. The maximum absolute atomic E-state index is 12.1. The molecule has 4 heteroatoms. The number of esters is 1. The van der Waals surface area contributed by atoms with Crippen LogP contribution >= 0.6 is 0 Å². The highest BCUT2D eigenvalue weighted by molar-refractivity contribution is 5.77. The zero-order valence-corrected chi connectivity index (χ0v) is 12.5. The van der Waals surface area contributed by atoms with Crippen molar-refractivity contribution < 1.29 is 14.3 Å². The third-order valence-corrected chi connectivity index (χ3v) is 3.95. The minimum atomic E-state index is -0.208. The fourth-order valence-electron chi connectivity index (χ4n) is 2.88. The molecule has 0 radical (unpaired) electrons. The van der Waals surface area contributed by atoms with Crippen LogP contribution in [-0.4, -0.2) is 36.0 Å². The SMILES string of the molecule is CCOC(=O)CCN(C(=O)CC)C1CCCCC1C. The van der Waals surface area contributed by atoms with Crippen LogP contribution in [0, 0.1) is 5.92 Å². The molecule has 1 amide bonds. The summed E-state index contributed by atoms with van der Waals surface area (Å²) in [5.74, 6) is 0.481. The number of rotatable bonds is 6. The van der Waals surface area contributed by atoms with Gasteiger partial charge in [0.05, 0.1) is 13.0 Å². The Kier molecular flexibility index (Phi) is 6.89. The van der Waals surface area contributed by atoms with Crippen LogP contribution in [0.3, 0.4) is 0 Å². The molecule has 0 aromatic carbocycles. The monoisotopic (exact) mass is 269 g/mol. The highest BCUT2D eigenvalue weighted by atomic mass is 16.5. The summed E-state index contributed by atoms with van der Waals surface area (Å²) < 4.78 is 4.94. The first-order chi connectivity index (χ1) is 9.10. The highest BCUT2D eigenvalue weighted by Gasteiger charge is 2.29. The summed E-state index contributed by atoms with van der Waals surface area (Å²) in [6, 6.07) is 0.302. The van der Waals surface area contributed by atoms with E-state index in [2.05, 4.69) is 6.92 Å². The Morgan fingerprint density at radius 1 is 1.21 bits per heavy atom. The maximum Gasteiger partial charge on any atom is 0.307 e. The summed E-state index contributed by atoms with van der Waals surface area (Å²) in [7, 11) is 0. The van der Waals surface area contributed by atoms with Crippen molar-refractivity contribution in [3.63, 3.8) is 0 Å². The molecule has 0 heterocycles.